The molecule has 5 heteroatoms. The van der Waals surface area contributed by atoms with Gasteiger partial charge in [0.1, 0.15) is 17.6 Å². The van der Waals surface area contributed by atoms with Crippen LogP contribution in [0.15, 0.2) is 40.8 Å². The molecule has 0 fully saturated rings. The predicted molar refractivity (Wildman–Crippen MR) is 69.8 cm³/mol. The van der Waals surface area contributed by atoms with Gasteiger partial charge in [-0.15, -0.1) is 0 Å². The van der Waals surface area contributed by atoms with Crippen LogP contribution >= 0.6 is 0 Å². The van der Waals surface area contributed by atoms with Crippen molar-refractivity contribution < 1.29 is 24.2 Å². The van der Waals surface area contributed by atoms with Crippen molar-refractivity contribution in [2.75, 3.05) is 6.61 Å². The van der Waals surface area contributed by atoms with Gasteiger partial charge >= 0.3 is 5.97 Å². The lowest BCUT2D eigenvalue weighted by molar-refractivity contribution is 0.0451. The van der Waals surface area contributed by atoms with E-state index in [4.69, 9.17) is 14.3 Å². The Bertz CT molecular complexity index is 631. The highest BCUT2D eigenvalue weighted by Gasteiger charge is 2.29. The third kappa shape index (κ3) is 2.28. The largest absolute Gasteiger partial charge is 0.493 e. The average Bonchev–Trinajstić information content (AvgIpc) is 2.96. The van der Waals surface area contributed by atoms with Gasteiger partial charge < -0.3 is 19.4 Å². The summed E-state index contributed by atoms with van der Waals surface area (Å²) in [6.45, 7) is 0.376. The Labute approximate surface area is 115 Å². The molecular weight excluding hydrogens is 260 g/mol. The summed E-state index contributed by atoms with van der Waals surface area (Å²) in [5, 5.41) is 19.1. The molecule has 5 nitrogen and oxygen atoms in total. The van der Waals surface area contributed by atoms with Gasteiger partial charge in [-0.2, -0.15) is 0 Å². The Balaban J connectivity index is 1.78. The SMILES string of the molecule is O=C(O)c1ccc(C(O)C2COc3ccccc3C2)o1. The molecule has 0 saturated heterocycles. The Morgan fingerprint density at radius 2 is 2.05 bits per heavy atom. The maximum atomic E-state index is 10.8. The maximum Gasteiger partial charge on any atom is 0.371 e. The smallest absolute Gasteiger partial charge is 0.371 e. The molecule has 2 unspecified atom stereocenters. The second kappa shape index (κ2) is 5.02. The van der Waals surface area contributed by atoms with Crippen molar-refractivity contribution in [2.45, 2.75) is 12.5 Å². The summed E-state index contributed by atoms with van der Waals surface area (Å²) in [6, 6.07) is 10.5. The normalized spacial score (nSPS) is 18.9. The third-order valence-electron chi connectivity index (χ3n) is 3.48. The third-order valence-corrected chi connectivity index (χ3v) is 3.48. The van der Waals surface area contributed by atoms with Gasteiger partial charge in [0.15, 0.2) is 0 Å². The zero-order valence-corrected chi connectivity index (χ0v) is 10.7. The van der Waals surface area contributed by atoms with Crippen LogP contribution in [0, 0.1) is 5.92 Å². The van der Waals surface area contributed by atoms with E-state index >= 15 is 0 Å². The highest BCUT2D eigenvalue weighted by atomic mass is 16.5. The van der Waals surface area contributed by atoms with Gasteiger partial charge in [-0.1, -0.05) is 18.2 Å². The molecule has 3 rings (SSSR count). The Morgan fingerprint density at radius 3 is 2.80 bits per heavy atom. The van der Waals surface area contributed by atoms with Crippen LogP contribution in [0.2, 0.25) is 0 Å². The molecule has 1 aliphatic heterocycles. The highest BCUT2D eigenvalue weighted by molar-refractivity contribution is 5.84. The molecule has 1 aliphatic rings. The van der Waals surface area contributed by atoms with Crippen LogP contribution in [0.5, 0.6) is 5.75 Å². The van der Waals surface area contributed by atoms with E-state index in [-0.39, 0.29) is 17.4 Å². The van der Waals surface area contributed by atoms with E-state index in [0.29, 0.717) is 13.0 Å². The van der Waals surface area contributed by atoms with Gasteiger partial charge in [0.05, 0.1) is 6.61 Å². The first kappa shape index (κ1) is 12.7. The van der Waals surface area contributed by atoms with Gasteiger partial charge in [-0.25, -0.2) is 4.79 Å². The highest BCUT2D eigenvalue weighted by Crippen LogP contribution is 2.34. The topological polar surface area (TPSA) is 79.9 Å². The lowest BCUT2D eigenvalue weighted by Crippen LogP contribution is -2.26. The number of carboxylic acid groups (broad SMARTS) is 1. The van der Waals surface area contributed by atoms with E-state index in [1.165, 1.54) is 12.1 Å². The van der Waals surface area contributed by atoms with E-state index in [2.05, 4.69) is 0 Å². The van der Waals surface area contributed by atoms with E-state index < -0.39 is 12.1 Å². The van der Waals surface area contributed by atoms with Crippen LogP contribution in [-0.2, 0) is 6.42 Å². The molecule has 1 aromatic heterocycles. The number of aliphatic hydroxyl groups excluding tert-OH is 1. The number of hydrogen-bond donors (Lipinski definition) is 2. The summed E-state index contributed by atoms with van der Waals surface area (Å²) in [6.07, 6.45) is -0.211. The number of aromatic carboxylic acids is 1. The fraction of sp³-hybridized carbons (Fsp3) is 0.267. The van der Waals surface area contributed by atoms with Gasteiger partial charge in [0.25, 0.3) is 0 Å². The van der Waals surface area contributed by atoms with Crippen molar-refractivity contribution in [3.63, 3.8) is 0 Å². The first-order valence-electron chi connectivity index (χ1n) is 6.37. The summed E-state index contributed by atoms with van der Waals surface area (Å²) in [5.74, 6) is -0.375. The Hall–Kier alpha value is -2.27. The zero-order chi connectivity index (χ0) is 14.1. The quantitative estimate of drug-likeness (QED) is 0.897. The van der Waals surface area contributed by atoms with Crippen LogP contribution in [0.1, 0.15) is 28.0 Å². The van der Waals surface area contributed by atoms with Crippen molar-refractivity contribution >= 4 is 5.97 Å². The Morgan fingerprint density at radius 1 is 1.25 bits per heavy atom. The second-order valence-electron chi connectivity index (χ2n) is 4.83. The van der Waals surface area contributed by atoms with Crippen LogP contribution in [-0.4, -0.2) is 22.8 Å². The number of hydrogen-bond acceptors (Lipinski definition) is 4. The number of carbonyl (C=O) groups is 1. The van der Waals surface area contributed by atoms with Gasteiger partial charge in [-0.3, -0.25) is 0 Å². The molecular formula is C15H14O5. The molecule has 0 aliphatic carbocycles. The maximum absolute atomic E-state index is 10.8. The molecule has 0 amide bonds. The number of rotatable bonds is 3. The molecule has 2 heterocycles. The van der Waals surface area contributed by atoms with E-state index in [9.17, 15) is 9.90 Å². The molecule has 2 atom stereocenters. The second-order valence-corrected chi connectivity index (χ2v) is 4.83. The van der Waals surface area contributed by atoms with E-state index in [0.717, 1.165) is 11.3 Å². The molecule has 0 radical (unpaired) electrons. The molecule has 0 saturated carbocycles. The van der Waals surface area contributed by atoms with Gasteiger partial charge in [-0.05, 0) is 30.2 Å². The number of ether oxygens (including phenoxy) is 1. The number of para-hydroxylation sites is 1. The minimum Gasteiger partial charge on any atom is -0.493 e. The van der Waals surface area contributed by atoms with Crippen LogP contribution in [0.25, 0.3) is 0 Å². The van der Waals surface area contributed by atoms with Crippen LogP contribution in [0.4, 0.5) is 0 Å². The lowest BCUT2D eigenvalue weighted by atomic mass is 9.91. The van der Waals surface area contributed by atoms with E-state index in [1.807, 2.05) is 24.3 Å². The summed E-state index contributed by atoms with van der Waals surface area (Å²) in [5.41, 5.74) is 1.04. The summed E-state index contributed by atoms with van der Waals surface area (Å²) < 4.78 is 10.8. The van der Waals surface area contributed by atoms with Gasteiger partial charge in [0, 0.05) is 5.92 Å². The number of aliphatic hydroxyl groups is 1. The average molecular weight is 274 g/mol. The number of fused-ring (bicyclic) bond motifs is 1. The molecule has 2 aromatic rings. The fourth-order valence-corrected chi connectivity index (χ4v) is 2.41. The van der Waals surface area contributed by atoms with E-state index in [1.54, 1.807) is 0 Å². The summed E-state index contributed by atoms with van der Waals surface area (Å²) >= 11 is 0. The van der Waals surface area contributed by atoms with Crippen molar-refractivity contribution in [3.05, 3.63) is 53.5 Å². The number of carboxylic acids is 1. The first-order valence-corrected chi connectivity index (χ1v) is 6.37. The van der Waals surface area contributed by atoms with Crippen molar-refractivity contribution in [3.8, 4) is 5.75 Å². The monoisotopic (exact) mass is 274 g/mol. The Kier molecular flexibility index (Phi) is 3.20. The number of benzene rings is 1. The minimum atomic E-state index is -1.14. The molecule has 104 valence electrons. The molecule has 0 spiro atoms. The van der Waals surface area contributed by atoms with Crippen LogP contribution < -0.4 is 4.74 Å². The fourth-order valence-electron chi connectivity index (χ4n) is 2.41. The van der Waals surface area contributed by atoms with Crippen molar-refractivity contribution in [1.82, 2.24) is 0 Å². The molecule has 20 heavy (non-hydrogen) atoms. The first-order chi connectivity index (χ1) is 9.65. The van der Waals surface area contributed by atoms with Crippen molar-refractivity contribution in [2.24, 2.45) is 5.92 Å². The van der Waals surface area contributed by atoms with Gasteiger partial charge in [0.2, 0.25) is 5.76 Å². The zero-order valence-electron chi connectivity index (χ0n) is 10.7. The molecule has 2 N–H and O–H groups in total. The standard InChI is InChI=1S/C15H14O5/c16-14(12-5-6-13(20-12)15(17)18)10-7-9-3-1-2-4-11(9)19-8-10/h1-6,10,14,16H,7-8H2,(H,17,18). The minimum absolute atomic E-state index is 0.155. The summed E-state index contributed by atoms with van der Waals surface area (Å²) in [7, 11) is 0. The molecule has 0 bridgehead atoms. The number of furan rings is 1. The summed E-state index contributed by atoms with van der Waals surface area (Å²) in [4.78, 5) is 10.8. The lowest BCUT2D eigenvalue weighted by Gasteiger charge is -2.27. The predicted octanol–water partition coefficient (Wildman–Crippen LogP) is 2.26. The molecule has 1 aromatic carbocycles. The van der Waals surface area contributed by atoms with Crippen molar-refractivity contribution in [1.29, 1.82) is 0 Å². The van der Waals surface area contributed by atoms with Crippen LogP contribution in [0.3, 0.4) is 0 Å².